The zero-order valence-electron chi connectivity index (χ0n) is 18.6. The second-order valence-corrected chi connectivity index (χ2v) is 7.76. The van der Waals surface area contributed by atoms with Gasteiger partial charge in [0, 0.05) is 22.9 Å². The summed E-state index contributed by atoms with van der Waals surface area (Å²) in [6.07, 6.45) is 0. The molecule has 1 aromatic heterocycles. The van der Waals surface area contributed by atoms with Crippen LogP contribution >= 0.6 is 0 Å². The van der Waals surface area contributed by atoms with Crippen LogP contribution in [0.15, 0.2) is 75.9 Å². The molecule has 0 saturated carbocycles. The van der Waals surface area contributed by atoms with Gasteiger partial charge in [-0.25, -0.2) is 4.79 Å². The molecule has 0 bridgehead atoms. The highest BCUT2D eigenvalue weighted by atomic mass is 16.5. The van der Waals surface area contributed by atoms with Crippen LogP contribution in [0.25, 0.3) is 22.3 Å². The van der Waals surface area contributed by atoms with E-state index in [1.807, 2.05) is 26.0 Å². The summed E-state index contributed by atoms with van der Waals surface area (Å²) in [7, 11) is 0. The SMILES string of the molecule is CCOC(=O)c1ccc(NC(=O)c2ccc(-c3cc(=O)c4cc(C)cc(C)c4o3)cc2)cc1. The predicted molar refractivity (Wildman–Crippen MR) is 128 cm³/mol. The van der Waals surface area contributed by atoms with Crippen molar-refractivity contribution in [2.24, 2.45) is 0 Å². The van der Waals surface area contributed by atoms with E-state index in [0.717, 1.165) is 11.1 Å². The highest BCUT2D eigenvalue weighted by Crippen LogP contribution is 2.25. The maximum atomic E-state index is 12.6. The molecule has 33 heavy (non-hydrogen) atoms. The predicted octanol–water partition coefficient (Wildman–Crippen LogP) is 5.51. The molecular weight excluding hydrogens is 418 g/mol. The molecule has 6 nitrogen and oxygen atoms in total. The lowest BCUT2D eigenvalue weighted by Crippen LogP contribution is -2.12. The van der Waals surface area contributed by atoms with Crippen molar-refractivity contribution < 1.29 is 18.7 Å². The Bertz CT molecular complexity index is 1400. The molecule has 6 heteroatoms. The zero-order valence-corrected chi connectivity index (χ0v) is 18.6. The third-order valence-electron chi connectivity index (χ3n) is 5.24. The van der Waals surface area contributed by atoms with Crippen molar-refractivity contribution in [1.82, 2.24) is 0 Å². The van der Waals surface area contributed by atoms with Crippen molar-refractivity contribution in [3.05, 3.63) is 99.2 Å². The van der Waals surface area contributed by atoms with E-state index in [1.54, 1.807) is 55.5 Å². The van der Waals surface area contributed by atoms with Gasteiger partial charge >= 0.3 is 5.97 Å². The molecule has 0 saturated heterocycles. The van der Waals surface area contributed by atoms with E-state index in [4.69, 9.17) is 9.15 Å². The Morgan fingerprint density at radius 2 is 1.58 bits per heavy atom. The van der Waals surface area contributed by atoms with Crippen molar-refractivity contribution in [3.8, 4) is 11.3 Å². The van der Waals surface area contributed by atoms with Gasteiger partial charge in [-0.2, -0.15) is 0 Å². The average molecular weight is 441 g/mol. The number of carbonyl (C=O) groups is 2. The summed E-state index contributed by atoms with van der Waals surface area (Å²) in [6, 6.07) is 18.6. The lowest BCUT2D eigenvalue weighted by atomic mass is 10.1. The molecular formula is C27H23NO5. The highest BCUT2D eigenvalue weighted by molar-refractivity contribution is 6.04. The molecule has 4 aromatic rings. The van der Waals surface area contributed by atoms with Crippen molar-refractivity contribution >= 4 is 28.5 Å². The Morgan fingerprint density at radius 1 is 0.909 bits per heavy atom. The Kier molecular flexibility index (Phi) is 6.09. The van der Waals surface area contributed by atoms with Crippen LogP contribution in [0.4, 0.5) is 5.69 Å². The molecule has 1 amide bonds. The van der Waals surface area contributed by atoms with Crippen LogP contribution in [-0.4, -0.2) is 18.5 Å². The summed E-state index contributed by atoms with van der Waals surface area (Å²) in [5, 5.41) is 3.35. The first-order valence-electron chi connectivity index (χ1n) is 10.6. The van der Waals surface area contributed by atoms with Gasteiger partial charge in [0.2, 0.25) is 0 Å². The van der Waals surface area contributed by atoms with Crippen molar-refractivity contribution in [2.75, 3.05) is 11.9 Å². The third kappa shape index (κ3) is 4.70. The molecule has 0 atom stereocenters. The molecule has 0 radical (unpaired) electrons. The van der Waals surface area contributed by atoms with Gasteiger partial charge in [-0.15, -0.1) is 0 Å². The van der Waals surface area contributed by atoms with Gasteiger partial charge in [0.05, 0.1) is 17.6 Å². The monoisotopic (exact) mass is 441 g/mol. The molecule has 0 aliphatic heterocycles. The van der Waals surface area contributed by atoms with Crippen LogP contribution in [-0.2, 0) is 4.74 Å². The van der Waals surface area contributed by atoms with E-state index in [2.05, 4.69) is 5.32 Å². The molecule has 166 valence electrons. The first-order chi connectivity index (χ1) is 15.9. The van der Waals surface area contributed by atoms with Gasteiger partial charge in [-0.1, -0.05) is 18.2 Å². The largest absolute Gasteiger partial charge is 0.462 e. The van der Waals surface area contributed by atoms with Gasteiger partial charge in [0.1, 0.15) is 11.3 Å². The number of nitrogens with one attached hydrogen (secondary N) is 1. The molecule has 0 spiro atoms. The molecule has 0 aliphatic carbocycles. The van der Waals surface area contributed by atoms with Gasteiger partial charge in [0.15, 0.2) is 5.43 Å². The maximum absolute atomic E-state index is 12.6. The lowest BCUT2D eigenvalue weighted by molar-refractivity contribution is 0.0526. The van der Waals surface area contributed by atoms with Crippen LogP contribution in [0.1, 0.15) is 38.8 Å². The Balaban J connectivity index is 1.53. The van der Waals surface area contributed by atoms with Crippen molar-refractivity contribution in [2.45, 2.75) is 20.8 Å². The standard InChI is InChI=1S/C27H23NO5/c1-4-32-27(31)20-9-11-21(12-10-20)28-26(30)19-7-5-18(6-8-19)24-15-23(29)22-14-16(2)13-17(3)25(22)33-24/h5-15H,4H2,1-3H3,(H,28,30). The molecule has 0 fully saturated rings. The Hall–Kier alpha value is -4.19. The number of ether oxygens (including phenoxy) is 1. The number of carbonyl (C=O) groups excluding carboxylic acids is 2. The molecule has 3 aromatic carbocycles. The first kappa shape index (κ1) is 22.0. The van der Waals surface area contributed by atoms with Crippen molar-refractivity contribution in [1.29, 1.82) is 0 Å². The molecule has 0 aliphatic rings. The van der Waals surface area contributed by atoms with E-state index in [0.29, 0.717) is 45.7 Å². The van der Waals surface area contributed by atoms with E-state index >= 15 is 0 Å². The minimum atomic E-state index is -0.406. The number of esters is 1. The fraction of sp³-hybridized carbons (Fsp3) is 0.148. The summed E-state index contributed by atoms with van der Waals surface area (Å²) < 4.78 is 11.0. The summed E-state index contributed by atoms with van der Waals surface area (Å²) >= 11 is 0. The first-order valence-corrected chi connectivity index (χ1v) is 10.6. The normalized spacial score (nSPS) is 10.8. The van der Waals surface area contributed by atoms with Crippen LogP contribution in [0.5, 0.6) is 0 Å². The summed E-state index contributed by atoms with van der Waals surface area (Å²) in [5.74, 6) is -0.255. The lowest BCUT2D eigenvalue weighted by Gasteiger charge is -2.09. The average Bonchev–Trinajstić information content (AvgIpc) is 2.80. The van der Waals surface area contributed by atoms with Gasteiger partial charge in [-0.05, 0) is 74.4 Å². The van der Waals surface area contributed by atoms with E-state index in [1.165, 1.54) is 6.07 Å². The number of amides is 1. The number of aryl methyl sites for hydroxylation is 2. The van der Waals surface area contributed by atoms with Gasteiger partial charge in [0.25, 0.3) is 5.91 Å². The zero-order chi connectivity index (χ0) is 23.5. The van der Waals surface area contributed by atoms with E-state index in [-0.39, 0.29) is 11.3 Å². The highest BCUT2D eigenvalue weighted by Gasteiger charge is 2.12. The van der Waals surface area contributed by atoms with Gasteiger partial charge < -0.3 is 14.5 Å². The topological polar surface area (TPSA) is 85.6 Å². The minimum Gasteiger partial charge on any atom is -0.462 e. The summed E-state index contributed by atoms with van der Waals surface area (Å²) in [6.45, 7) is 5.90. The number of rotatable bonds is 5. The molecule has 0 unspecified atom stereocenters. The molecule has 4 rings (SSSR count). The number of anilines is 1. The maximum Gasteiger partial charge on any atom is 0.338 e. The summed E-state index contributed by atoms with van der Waals surface area (Å²) in [5.41, 5.74) is 4.49. The molecule has 1 N–H and O–H groups in total. The Morgan fingerprint density at radius 3 is 2.24 bits per heavy atom. The second kappa shape index (κ2) is 9.12. The second-order valence-electron chi connectivity index (χ2n) is 7.76. The Labute approximate surface area is 190 Å². The quantitative estimate of drug-likeness (QED) is 0.413. The third-order valence-corrected chi connectivity index (χ3v) is 5.24. The van der Waals surface area contributed by atoms with Crippen LogP contribution < -0.4 is 10.7 Å². The number of fused-ring (bicyclic) bond motifs is 1. The fourth-order valence-electron chi connectivity index (χ4n) is 3.64. The van der Waals surface area contributed by atoms with Crippen LogP contribution in [0, 0.1) is 13.8 Å². The number of hydrogen-bond donors (Lipinski definition) is 1. The van der Waals surface area contributed by atoms with Crippen molar-refractivity contribution in [3.63, 3.8) is 0 Å². The number of hydrogen-bond acceptors (Lipinski definition) is 5. The van der Waals surface area contributed by atoms with Gasteiger partial charge in [-0.3, -0.25) is 9.59 Å². The van der Waals surface area contributed by atoms with Crippen LogP contribution in [0.3, 0.4) is 0 Å². The number of benzene rings is 3. The smallest absolute Gasteiger partial charge is 0.338 e. The minimum absolute atomic E-state index is 0.105. The van der Waals surface area contributed by atoms with Crippen LogP contribution in [0.2, 0.25) is 0 Å². The fourth-order valence-corrected chi connectivity index (χ4v) is 3.64. The van der Waals surface area contributed by atoms with E-state index < -0.39 is 5.97 Å². The van der Waals surface area contributed by atoms with E-state index in [9.17, 15) is 14.4 Å². The summed E-state index contributed by atoms with van der Waals surface area (Å²) in [4.78, 5) is 37.0. The molecule has 1 heterocycles.